The molecule has 0 fully saturated rings. The molecule has 0 spiro atoms. The van der Waals surface area contributed by atoms with Crippen molar-refractivity contribution in [2.45, 2.75) is 12.4 Å². The lowest BCUT2D eigenvalue weighted by molar-refractivity contribution is -0.140. The number of amides is 1. The van der Waals surface area contributed by atoms with Gasteiger partial charge in [-0.25, -0.2) is 4.39 Å². The quantitative estimate of drug-likeness (QED) is 0.338. The molecule has 2 aromatic heterocycles. The van der Waals surface area contributed by atoms with Crippen LogP contribution in [0.5, 0.6) is 5.75 Å². The van der Waals surface area contributed by atoms with Crippen LogP contribution in [0.3, 0.4) is 0 Å². The number of furan rings is 2. The van der Waals surface area contributed by atoms with Gasteiger partial charge < -0.3 is 14.8 Å². The fourth-order valence-electron chi connectivity index (χ4n) is 3.29. The van der Waals surface area contributed by atoms with Crippen molar-refractivity contribution in [1.82, 2.24) is 0 Å². The molecule has 0 unspecified atom stereocenters. The Balaban J connectivity index is 1.75. The summed E-state index contributed by atoms with van der Waals surface area (Å²) < 4.78 is 96.5. The van der Waals surface area contributed by atoms with Gasteiger partial charge >= 0.3 is 12.4 Å². The maximum Gasteiger partial charge on any atom is 0.419 e. The van der Waals surface area contributed by atoms with E-state index in [1.807, 2.05) is 0 Å². The highest BCUT2D eigenvalue weighted by Gasteiger charge is 2.35. The Morgan fingerprint density at radius 1 is 0.938 bits per heavy atom. The normalized spacial score (nSPS) is 12.5. The summed E-state index contributed by atoms with van der Waals surface area (Å²) in [7, 11) is 0. The number of anilines is 1. The number of fused-ring (bicyclic) bond motifs is 2. The van der Waals surface area contributed by atoms with Crippen molar-refractivity contribution in [3.05, 3.63) is 71.0 Å². The minimum absolute atomic E-state index is 0.0896. The monoisotopic (exact) mass is 457 g/mol. The summed E-state index contributed by atoms with van der Waals surface area (Å²) in [5.41, 5.74) is -3.78. The van der Waals surface area contributed by atoms with Crippen molar-refractivity contribution in [1.29, 1.82) is 0 Å². The zero-order valence-electron chi connectivity index (χ0n) is 15.5. The molecule has 0 aliphatic rings. The van der Waals surface area contributed by atoms with Gasteiger partial charge in [-0.05, 0) is 35.9 Å². The summed E-state index contributed by atoms with van der Waals surface area (Å²) in [6.07, 6.45) is -9.61. The second-order valence-electron chi connectivity index (χ2n) is 6.80. The topological polar surface area (TPSA) is 62.5 Å². The summed E-state index contributed by atoms with van der Waals surface area (Å²) in [6.45, 7) is 0. The van der Waals surface area contributed by atoms with Crippen LogP contribution in [-0.4, -0.2) is 11.0 Å². The number of hydrogen-bond acceptors (Lipinski definition) is 3. The first-order valence-corrected chi connectivity index (χ1v) is 8.80. The van der Waals surface area contributed by atoms with Gasteiger partial charge in [0.25, 0.3) is 5.91 Å². The average Bonchev–Trinajstić information content (AvgIpc) is 3.23. The molecule has 11 heteroatoms. The summed E-state index contributed by atoms with van der Waals surface area (Å²) in [6, 6.07) is 6.73. The van der Waals surface area contributed by atoms with Gasteiger partial charge in [0, 0.05) is 17.3 Å². The Morgan fingerprint density at radius 2 is 1.66 bits per heavy atom. The van der Waals surface area contributed by atoms with Gasteiger partial charge in [0.05, 0.1) is 16.7 Å². The van der Waals surface area contributed by atoms with Gasteiger partial charge in [-0.1, -0.05) is 12.1 Å². The number of hydrogen-bond donors (Lipinski definition) is 2. The van der Waals surface area contributed by atoms with Gasteiger partial charge in [-0.15, -0.1) is 0 Å². The lowest BCUT2D eigenvalue weighted by Gasteiger charge is -2.12. The molecule has 2 bridgehead atoms. The van der Waals surface area contributed by atoms with Gasteiger partial charge in [0.1, 0.15) is 11.4 Å². The minimum Gasteiger partial charge on any atom is -0.504 e. The van der Waals surface area contributed by atoms with Crippen LogP contribution in [0, 0.1) is 5.82 Å². The fraction of sp³-hybridized carbons (Fsp3) is 0.0952. The van der Waals surface area contributed by atoms with E-state index in [9.17, 15) is 40.6 Å². The van der Waals surface area contributed by atoms with Crippen LogP contribution in [0.1, 0.15) is 21.5 Å². The molecule has 0 saturated heterocycles. The Bertz CT molecular complexity index is 1320. The van der Waals surface area contributed by atoms with Gasteiger partial charge in [0.15, 0.2) is 11.3 Å². The molecule has 166 valence electrons. The molecular weight excluding hydrogens is 447 g/mol. The number of carbonyl (C=O) groups is 1. The van der Waals surface area contributed by atoms with Crippen LogP contribution >= 0.6 is 0 Å². The van der Waals surface area contributed by atoms with Crippen LogP contribution in [0.25, 0.3) is 22.3 Å². The highest BCUT2D eigenvalue weighted by atomic mass is 19.4. The summed E-state index contributed by atoms with van der Waals surface area (Å²) in [5.74, 6) is -3.01. The molecule has 2 heterocycles. The van der Waals surface area contributed by atoms with Gasteiger partial charge in [0.2, 0.25) is 0 Å². The molecule has 0 radical (unpaired) electrons. The highest BCUT2D eigenvalue weighted by molar-refractivity contribution is 6.17. The van der Waals surface area contributed by atoms with Crippen LogP contribution in [0.15, 0.2) is 52.9 Å². The molecular formula is C21H10F7NO3. The van der Waals surface area contributed by atoms with E-state index in [0.717, 1.165) is 30.3 Å². The third kappa shape index (κ3) is 3.70. The number of aromatic hydroxyl groups is 1. The SMILES string of the molecule is O=C(Nc1ccc(C(F)(F)F)c(F)c1)c1c(-c2cccc(C(F)(F)F)c2)c2oc1cc2O. The molecule has 0 aliphatic carbocycles. The average molecular weight is 457 g/mol. The van der Waals surface area contributed by atoms with E-state index in [-0.39, 0.29) is 33.5 Å². The Hall–Kier alpha value is -3.76. The van der Waals surface area contributed by atoms with E-state index in [2.05, 4.69) is 5.32 Å². The molecule has 32 heavy (non-hydrogen) atoms. The van der Waals surface area contributed by atoms with Crippen molar-refractivity contribution in [2.75, 3.05) is 5.32 Å². The number of halogens is 7. The largest absolute Gasteiger partial charge is 0.504 e. The standard InChI is InChI=1S/C21H10F7NO3/c22-13-7-11(4-5-12(13)21(26,27)28)29-19(31)17-15-8-14(30)18(32-15)16(17)9-2-1-3-10(6-9)20(23,24)25/h1-8,30H,(H,29,31). The molecule has 0 atom stereocenters. The van der Waals surface area contributed by atoms with E-state index >= 15 is 0 Å². The van der Waals surface area contributed by atoms with Gasteiger partial charge in [-0.2, -0.15) is 26.3 Å². The Kier molecular flexibility index (Phi) is 4.79. The van der Waals surface area contributed by atoms with E-state index in [1.54, 1.807) is 0 Å². The molecule has 0 saturated carbocycles. The lowest BCUT2D eigenvalue weighted by Crippen LogP contribution is -2.14. The number of nitrogens with one attached hydrogen (secondary N) is 1. The van der Waals surface area contributed by atoms with Crippen molar-refractivity contribution >= 4 is 22.8 Å². The first-order valence-electron chi connectivity index (χ1n) is 8.80. The molecule has 4 aromatic rings. The van der Waals surface area contributed by atoms with E-state index in [1.165, 1.54) is 6.07 Å². The molecule has 1 amide bonds. The fourth-order valence-corrected chi connectivity index (χ4v) is 3.29. The number of benzene rings is 3. The smallest absolute Gasteiger partial charge is 0.419 e. The van der Waals surface area contributed by atoms with Crippen molar-refractivity contribution in [3.8, 4) is 16.9 Å². The van der Waals surface area contributed by atoms with Crippen LogP contribution in [0.4, 0.5) is 36.4 Å². The summed E-state index contributed by atoms with van der Waals surface area (Å²) >= 11 is 0. The second-order valence-corrected chi connectivity index (χ2v) is 6.80. The maximum absolute atomic E-state index is 13.8. The second kappa shape index (κ2) is 7.14. The third-order valence-corrected chi connectivity index (χ3v) is 4.67. The molecule has 4 rings (SSSR count). The number of alkyl halides is 6. The van der Waals surface area contributed by atoms with E-state index in [0.29, 0.717) is 12.1 Å². The van der Waals surface area contributed by atoms with Crippen molar-refractivity contribution < 1.29 is 45.1 Å². The van der Waals surface area contributed by atoms with Crippen LogP contribution < -0.4 is 5.32 Å². The number of carbonyl (C=O) groups excluding carboxylic acids is 1. The van der Waals surface area contributed by atoms with E-state index in [4.69, 9.17) is 4.42 Å². The zero-order chi connectivity index (χ0) is 23.4. The molecule has 4 nitrogen and oxygen atoms in total. The first-order chi connectivity index (χ1) is 14.9. The van der Waals surface area contributed by atoms with Crippen molar-refractivity contribution in [2.24, 2.45) is 0 Å². The predicted octanol–water partition coefficient (Wildman–Crippen LogP) is 6.67. The Morgan fingerprint density at radius 3 is 2.28 bits per heavy atom. The molecule has 2 N–H and O–H groups in total. The maximum atomic E-state index is 13.8. The lowest BCUT2D eigenvalue weighted by atomic mass is 9.97. The van der Waals surface area contributed by atoms with Crippen LogP contribution in [-0.2, 0) is 12.4 Å². The number of rotatable bonds is 3. The predicted molar refractivity (Wildman–Crippen MR) is 98.9 cm³/mol. The zero-order valence-corrected chi connectivity index (χ0v) is 15.5. The molecule has 0 aliphatic heterocycles. The highest BCUT2D eigenvalue weighted by Crippen LogP contribution is 2.44. The van der Waals surface area contributed by atoms with E-state index < -0.39 is 41.0 Å². The van der Waals surface area contributed by atoms with Crippen LogP contribution in [0.2, 0.25) is 0 Å². The third-order valence-electron chi connectivity index (χ3n) is 4.67. The van der Waals surface area contributed by atoms with Gasteiger partial charge in [-0.3, -0.25) is 4.79 Å². The molecule has 2 aromatic carbocycles. The summed E-state index contributed by atoms with van der Waals surface area (Å²) in [5, 5.41) is 12.1. The number of phenolic OH excluding ortho intramolecular Hbond substituents is 1. The summed E-state index contributed by atoms with van der Waals surface area (Å²) in [4.78, 5) is 12.8. The van der Waals surface area contributed by atoms with Crippen molar-refractivity contribution in [3.63, 3.8) is 0 Å². The number of phenols is 1. The Labute approximate surface area is 174 Å². The first kappa shape index (κ1) is 21.5. The minimum atomic E-state index is -4.93.